The highest BCUT2D eigenvalue weighted by atomic mass is 16.6. The molecule has 0 aliphatic rings. The molecule has 2 atom stereocenters. The molecule has 310 valence electrons. The fourth-order valence-electron chi connectivity index (χ4n) is 4.96. The molecule has 56 heavy (non-hydrogen) atoms. The lowest BCUT2D eigenvalue weighted by molar-refractivity contribution is -0.887. The minimum atomic E-state index is -0.897. The maximum Gasteiger partial charge on any atom is 0.362 e. The molecule has 0 bridgehead atoms. The monoisotopic (exact) mass is 775 g/mol. The number of ether oxygens (including phenoxy) is 3. The topological polar surface area (TPSA) is 99.1 Å². The summed E-state index contributed by atoms with van der Waals surface area (Å²) < 4.78 is 17.1. The van der Waals surface area contributed by atoms with E-state index in [0.717, 1.165) is 51.4 Å². The largest absolute Gasteiger partial charge is 0.477 e. The number of hydrogen-bond donors (Lipinski definition) is 1. The van der Waals surface area contributed by atoms with Crippen LogP contribution in [-0.2, 0) is 28.6 Å². The second-order valence-corrected chi connectivity index (χ2v) is 14.1. The summed E-state index contributed by atoms with van der Waals surface area (Å²) in [6.07, 6.45) is 53.5. The van der Waals surface area contributed by atoms with Crippen molar-refractivity contribution in [1.82, 2.24) is 0 Å². The molecule has 0 saturated carbocycles. The van der Waals surface area contributed by atoms with E-state index < -0.39 is 18.1 Å². The zero-order valence-corrected chi connectivity index (χ0v) is 35.0. The first-order valence-corrected chi connectivity index (χ1v) is 20.4. The van der Waals surface area contributed by atoms with Crippen LogP contribution in [0.15, 0.2) is 134 Å². The quantitative estimate of drug-likeness (QED) is 0.0307. The molecule has 0 aromatic rings. The SMILES string of the molecule is CC/C=C/C=C/C=C/C=C/C=C/C=C/C=C/CCCCCC(=O)OCC(COCCC(C(=O)O)[N+](C)(C)C)OC(=O)CCCCC/C=C/C=C/C=C/C=C/CC. The number of esters is 2. The molecule has 0 heterocycles. The van der Waals surface area contributed by atoms with Crippen LogP contribution < -0.4 is 0 Å². The van der Waals surface area contributed by atoms with Crippen molar-refractivity contribution in [2.75, 3.05) is 41.0 Å². The van der Waals surface area contributed by atoms with Crippen molar-refractivity contribution < 1.29 is 38.2 Å². The molecule has 0 aliphatic carbocycles. The maximum atomic E-state index is 12.7. The van der Waals surface area contributed by atoms with Gasteiger partial charge in [0.15, 0.2) is 12.1 Å². The standard InChI is InChI=1S/C48H71NO7/c1-6-8-10-12-14-16-18-20-21-22-23-24-25-27-28-30-32-34-36-38-46(50)55-43-44(42-54-41-40-45(48(52)53)49(3,4)5)56-47(51)39-37-35-33-31-29-26-19-17-15-13-11-9-7-2/h8-29,44-45H,6-7,30-43H2,1-5H3/p+1/b10-8+,11-9+,14-12+,15-13+,18-16+,19-17+,21-20+,23-22+,25-24+,28-27+,29-26+. The van der Waals surface area contributed by atoms with Gasteiger partial charge in [0.2, 0.25) is 0 Å². The van der Waals surface area contributed by atoms with Crippen molar-refractivity contribution in [3.63, 3.8) is 0 Å². The van der Waals surface area contributed by atoms with Crippen LogP contribution in [0.3, 0.4) is 0 Å². The van der Waals surface area contributed by atoms with E-state index in [2.05, 4.69) is 38.2 Å². The highest BCUT2D eigenvalue weighted by molar-refractivity contribution is 5.72. The van der Waals surface area contributed by atoms with Crippen molar-refractivity contribution in [3.05, 3.63) is 134 Å². The summed E-state index contributed by atoms with van der Waals surface area (Å²) >= 11 is 0. The van der Waals surface area contributed by atoms with Gasteiger partial charge in [0.1, 0.15) is 6.61 Å². The van der Waals surface area contributed by atoms with Gasteiger partial charge < -0.3 is 23.8 Å². The first kappa shape index (κ1) is 51.5. The number of carbonyl (C=O) groups excluding carboxylic acids is 2. The maximum absolute atomic E-state index is 12.7. The Morgan fingerprint density at radius 1 is 0.536 bits per heavy atom. The first-order valence-electron chi connectivity index (χ1n) is 20.4. The third-order valence-electron chi connectivity index (χ3n) is 8.08. The van der Waals surface area contributed by atoms with E-state index in [4.69, 9.17) is 14.2 Å². The lowest BCUT2D eigenvalue weighted by atomic mass is 10.1. The van der Waals surface area contributed by atoms with Gasteiger partial charge in [0, 0.05) is 19.3 Å². The fourth-order valence-corrected chi connectivity index (χ4v) is 4.96. The van der Waals surface area contributed by atoms with Gasteiger partial charge in [-0.1, -0.05) is 160 Å². The number of carbonyl (C=O) groups is 3. The molecule has 0 spiro atoms. The predicted molar refractivity (Wildman–Crippen MR) is 233 cm³/mol. The van der Waals surface area contributed by atoms with Crippen molar-refractivity contribution in [3.8, 4) is 0 Å². The molecular formula is C48H72NO7+. The molecule has 2 unspecified atom stereocenters. The Morgan fingerprint density at radius 3 is 1.36 bits per heavy atom. The molecule has 0 aromatic heterocycles. The molecular weight excluding hydrogens is 703 g/mol. The summed E-state index contributed by atoms with van der Waals surface area (Å²) in [7, 11) is 5.47. The van der Waals surface area contributed by atoms with E-state index in [1.165, 1.54) is 0 Å². The second-order valence-electron chi connectivity index (χ2n) is 14.1. The van der Waals surface area contributed by atoms with Gasteiger partial charge in [-0.25, -0.2) is 4.79 Å². The molecule has 1 N–H and O–H groups in total. The molecule has 0 saturated heterocycles. The van der Waals surface area contributed by atoms with E-state index in [-0.39, 0.29) is 49.1 Å². The van der Waals surface area contributed by atoms with E-state index in [1.54, 1.807) is 0 Å². The Kier molecular flexibility index (Phi) is 34.4. The molecule has 8 heteroatoms. The molecule has 0 radical (unpaired) electrons. The first-order chi connectivity index (χ1) is 27.1. The number of allylic oxidation sites excluding steroid dienone is 22. The van der Waals surface area contributed by atoms with Crippen LogP contribution in [0.25, 0.3) is 0 Å². The van der Waals surface area contributed by atoms with Gasteiger partial charge in [-0.05, 0) is 51.4 Å². The summed E-state index contributed by atoms with van der Waals surface area (Å²) in [5.74, 6) is -1.61. The average molecular weight is 775 g/mol. The summed E-state index contributed by atoms with van der Waals surface area (Å²) in [5.41, 5.74) is 0. The summed E-state index contributed by atoms with van der Waals surface area (Å²) in [6.45, 7) is 4.30. The van der Waals surface area contributed by atoms with Crippen LogP contribution in [-0.4, -0.2) is 80.6 Å². The van der Waals surface area contributed by atoms with Crippen molar-refractivity contribution in [2.24, 2.45) is 0 Å². The van der Waals surface area contributed by atoms with Crippen molar-refractivity contribution >= 4 is 17.9 Å². The number of quaternary nitrogens is 1. The van der Waals surface area contributed by atoms with Gasteiger partial charge in [0.05, 0.1) is 34.4 Å². The molecule has 0 aromatic carbocycles. The van der Waals surface area contributed by atoms with E-state index in [9.17, 15) is 19.5 Å². The van der Waals surface area contributed by atoms with Crippen LogP contribution >= 0.6 is 0 Å². The van der Waals surface area contributed by atoms with Crippen LogP contribution in [0.1, 0.15) is 97.3 Å². The molecule has 8 nitrogen and oxygen atoms in total. The molecule has 0 rings (SSSR count). The number of hydrogen-bond acceptors (Lipinski definition) is 6. The summed E-state index contributed by atoms with van der Waals surface area (Å²) in [5, 5.41) is 9.60. The van der Waals surface area contributed by atoms with Gasteiger partial charge >= 0.3 is 17.9 Å². The van der Waals surface area contributed by atoms with Crippen LogP contribution in [0.4, 0.5) is 0 Å². The normalized spacial score (nSPS) is 14.4. The predicted octanol–water partition coefficient (Wildman–Crippen LogP) is 10.8. The van der Waals surface area contributed by atoms with E-state index in [1.807, 2.05) is 131 Å². The fraction of sp³-hybridized carbons (Fsp3) is 0.479. The second kappa shape index (κ2) is 37.4. The summed E-state index contributed by atoms with van der Waals surface area (Å²) in [4.78, 5) is 36.9. The van der Waals surface area contributed by atoms with Gasteiger partial charge in [-0.15, -0.1) is 0 Å². The van der Waals surface area contributed by atoms with Crippen LogP contribution in [0.5, 0.6) is 0 Å². The van der Waals surface area contributed by atoms with Crippen molar-refractivity contribution in [2.45, 2.75) is 109 Å². The van der Waals surface area contributed by atoms with Gasteiger partial charge in [-0.2, -0.15) is 0 Å². The zero-order valence-electron chi connectivity index (χ0n) is 35.0. The number of unbranched alkanes of at least 4 members (excludes halogenated alkanes) is 6. The Hall–Kier alpha value is -4.53. The Bertz CT molecular complexity index is 1370. The Morgan fingerprint density at radius 2 is 0.946 bits per heavy atom. The van der Waals surface area contributed by atoms with E-state index in [0.29, 0.717) is 19.3 Å². The molecule has 0 aliphatic heterocycles. The average Bonchev–Trinajstić information content (AvgIpc) is 3.15. The highest BCUT2D eigenvalue weighted by Crippen LogP contribution is 2.11. The number of carboxylic acids is 1. The van der Waals surface area contributed by atoms with Crippen molar-refractivity contribution in [1.29, 1.82) is 0 Å². The van der Waals surface area contributed by atoms with Crippen LogP contribution in [0.2, 0.25) is 0 Å². The number of rotatable bonds is 33. The molecule has 0 amide bonds. The van der Waals surface area contributed by atoms with Crippen LogP contribution in [0, 0.1) is 0 Å². The minimum Gasteiger partial charge on any atom is -0.477 e. The lowest BCUT2D eigenvalue weighted by Gasteiger charge is -2.31. The number of nitrogens with zero attached hydrogens (tertiary/aromatic N) is 1. The molecule has 0 fully saturated rings. The third-order valence-corrected chi connectivity index (χ3v) is 8.08. The number of likely N-dealkylation sites (N-methyl/N-ethyl adjacent to an activating group) is 1. The Labute approximate surface area is 339 Å². The van der Waals surface area contributed by atoms with E-state index >= 15 is 0 Å². The minimum absolute atomic E-state index is 0.0186. The smallest absolute Gasteiger partial charge is 0.362 e. The highest BCUT2D eigenvalue weighted by Gasteiger charge is 2.31. The zero-order chi connectivity index (χ0) is 41.4. The van der Waals surface area contributed by atoms with Gasteiger partial charge in [-0.3, -0.25) is 9.59 Å². The number of aliphatic carboxylic acids is 1. The van der Waals surface area contributed by atoms with Gasteiger partial charge in [0.25, 0.3) is 0 Å². The Balaban J connectivity index is 4.59. The third kappa shape index (κ3) is 35.2. The summed E-state index contributed by atoms with van der Waals surface area (Å²) in [6, 6.07) is -0.638. The number of carboxylic acid groups (broad SMARTS) is 1. The lowest BCUT2D eigenvalue weighted by Crippen LogP contribution is -2.50.